The molecule has 0 bridgehead atoms. The number of allylic oxidation sites excluding steroid dienone is 10. The average molecular weight is 896 g/mol. The number of nitrogens with one attached hydrogen (secondary N) is 1. The van der Waals surface area contributed by atoms with Crippen molar-refractivity contribution in [2.45, 2.75) is 289 Å². The Morgan fingerprint density at radius 1 is 0.453 bits per heavy atom. The largest absolute Gasteiger partial charge is 0.462 e. The first-order valence-corrected chi connectivity index (χ1v) is 27.5. The molecule has 0 aliphatic heterocycles. The van der Waals surface area contributed by atoms with Crippen molar-refractivity contribution in [3.8, 4) is 0 Å². The lowest BCUT2D eigenvalue weighted by Gasteiger charge is -2.24. The maximum Gasteiger partial charge on any atom is 0.306 e. The third kappa shape index (κ3) is 46.1. The van der Waals surface area contributed by atoms with Crippen LogP contribution < -0.4 is 5.32 Å². The first kappa shape index (κ1) is 61.6. The van der Waals surface area contributed by atoms with Gasteiger partial charge in [0.2, 0.25) is 5.91 Å². The number of unbranched alkanes of at least 4 members (excludes halogenated alkanes) is 27. The fraction of sp³-hybridized carbons (Fsp3) is 0.793. The van der Waals surface area contributed by atoms with Crippen LogP contribution in [-0.2, 0) is 14.3 Å². The van der Waals surface area contributed by atoms with Gasteiger partial charge in [-0.3, -0.25) is 9.59 Å². The zero-order valence-electron chi connectivity index (χ0n) is 42.4. The van der Waals surface area contributed by atoms with Gasteiger partial charge in [0.1, 0.15) is 6.10 Å². The van der Waals surface area contributed by atoms with Gasteiger partial charge in [0.05, 0.1) is 25.2 Å². The lowest BCUT2D eigenvalue weighted by atomic mass is 10.0. The van der Waals surface area contributed by atoms with Gasteiger partial charge in [-0.2, -0.15) is 0 Å². The summed E-state index contributed by atoms with van der Waals surface area (Å²) in [6, 6.07) is -0.712. The molecule has 0 heterocycles. The van der Waals surface area contributed by atoms with E-state index in [0.29, 0.717) is 19.3 Å². The van der Waals surface area contributed by atoms with Crippen LogP contribution in [0.4, 0.5) is 0 Å². The molecule has 0 rings (SSSR count). The lowest BCUT2D eigenvalue weighted by Crippen LogP contribution is -2.46. The number of aliphatic hydroxyl groups excluding tert-OH is 2. The summed E-state index contributed by atoms with van der Waals surface area (Å²) in [4.78, 5) is 26.2. The maximum absolute atomic E-state index is 13.2. The molecule has 0 spiro atoms. The highest BCUT2D eigenvalue weighted by Gasteiger charge is 2.24. The Morgan fingerprint density at radius 3 is 1.27 bits per heavy atom. The fourth-order valence-electron chi connectivity index (χ4n) is 8.11. The van der Waals surface area contributed by atoms with Crippen LogP contribution in [0, 0.1) is 0 Å². The van der Waals surface area contributed by atoms with Crippen LogP contribution >= 0.6 is 0 Å². The summed E-state index contributed by atoms with van der Waals surface area (Å²) in [7, 11) is 0. The summed E-state index contributed by atoms with van der Waals surface area (Å²) >= 11 is 0. The molecule has 3 atom stereocenters. The van der Waals surface area contributed by atoms with Crippen molar-refractivity contribution in [2.24, 2.45) is 0 Å². The quantitative estimate of drug-likeness (QED) is 0.0321. The summed E-state index contributed by atoms with van der Waals surface area (Å²) in [6.45, 7) is 6.44. The number of ether oxygens (including phenoxy) is 1. The minimum absolute atomic E-state index is 0.0583. The van der Waals surface area contributed by atoms with E-state index in [4.69, 9.17) is 4.74 Å². The summed E-state index contributed by atoms with van der Waals surface area (Å²) in [6.07, 6.45) is 64.2. The minimum Gasteiger partial charge on any atom is -0.462 e. The minimum atomic E-state index is -0.797. The van der Waals surface area contributed by atoms with Crippen molar-refractivity contribution in [1.82, 2.24) is 5.32 Å². The molecule has 0 aliphatic rings. The third-order valence-electron chi connectivity index (χ3n) is 12.3. The zero-order chi connectivity index (χ0) is 46.7. The third-order valence-corrected chi connectivity index (χ3v) is 12.3. The number of esters is 1. The Balaban J connectivity index is 4.61. The van der Waals surface area contributed by atoms with E-state index in [-0.39, 0.29) is 24.9 Å². The van der Waals surface area contributed by atoms with Crippen LogP contribution in [0.5, 0.6) is 0 Å². The summed E-state index contributed by atoms with van der Waals surface area (Å²) < 4.78 is 5.93. The highest BCUT2D eigenvalue weighted by molar-refractivity contribution is 5.77. The summed E-state index contributed by atoms with van der Waals surface area (Å²) in [5.74, 6) is -0.514. The molecule has 0 radical (unpaired) electrons. The van der Waals surface area contributed by atoms with Crippen molar-refractivity contribution in [1.29, 1.82) is 0 Å². The molecule has 0 aromatic rings. The smallest absolute Gasteiger partial charge is 0.306 e. The molecule has 6 heteroatoms. The predicted molar refractivity (Wildman–Crippen MR) is 278 cm³/mol. The van der Waals surface area contributed by atoms with Crippen LogP contribution in [0.15, 0.2) is 60.8 Å². The Bertz CT molecular complexity index is 1140. The van der Waals surface area contributed by atoms with Gasteiger partial charge in [-0.25, -0.2) is 0 Å². The molecule has 0 fully saturated rings. The van der Waals surface area contributed by atoms with Gasteiger partial charge in [-0.15, -0.1) is 0 Å². The van der Waals surface area contributed by atoms with Crippen molar-refractivity contribution in [3.63, 3.8) is 0 Å². The molecule has 372 valence electrons. The van der Waals surface area contributed by atoms with E-state index in [9.17, 15) is 19.8 Å². The molecule has 64 heavy (non-hydrogen) atoms. The number of carbonyl (C=O) groups excluding carboxylic acids is 2. The molecule has 6 nitrogen and oxygen atoms in total. The van der Waals surface area contributed by atoms with E-state index in [0.717, 1.165) is 89.9 Å². The number of hydrogen-bond donors (Lipinski definition) is 3. The predicted octanol–water partition coefficient (Wildman–Crippen LogP) is 16.8. The second-order valence-corrected chi connectivity index (χ2v) is 18.6. The van der Waals surface area contributed by atoms with E-state index in [1.807, 2.05) is 0 Å². The molecule has 0 aromatic carbocycles. The van der Waals surface area contributed by atoms with E-state index in [1.165, 1.54) is 135 Å². The number of hydrogen-bond acceptors (Lipinski definition) is 5. The Hall–Kier alpha value is -2.44. The summed E-state index contributed by atoms with van der Waals surface area (Å²) in [5, 5.41) is 23.8. The van der Waals surface area contributed by atoms with Gasteiger partial charge in [-0.1, -0.05) is 223 Å². The lowest BCUT2D eigenvalue weighted by molar-refractivity contribution is -0.151. The van der Waals surface area contributed by atoms with Crippen molar-refractivity contribution in [3.05, 3.63) is 60.8 Å². The molecule has 0 saturated carbocycles. The van der Waals surface area contributed by atoms with Crippen LogP contribution in [-0.4, -0.2) is 46.9 Å². The van der Waals surface area contributed by atoms with Crippen molar-refractivity contribution < 1.29 is 24.5 Å². The number of carbonyl (C=O) groups is 2. The maximum atomic E-state index is 13.2. The van der Waals surface area contributed by atoms with Crippen LogP contribution in [0.2, 0.25) is 0 Å². The molecule has 3 N–H and O–H groups in total. The molecular formula is C58H105NO5. The Kier molecular flexibility index (Phi) is 49.6. The zero-order valence-corrected chi connectivity index (χ0v) is 42.4. The molecule has 0 saturated heterocycles. The highest BCUT2D eigenvalue weighted by atomic mass is 16.5. The van der Waals surface area contributed by atoms with E-state index < -0.39 is 18.2 Å². The SMILES string of the molecule is CCCCC/C=C\C/C=C\C/C=C\C/C=C\CCCCCC(=O)OC(CCCCCCC/C=C\CCCCCC)CC(=O)NC(CO)C(O)CCCCCCCCCCCCCCC. The average Bonchev–Trinajstić information content (AvgIpc) is 3.29. The second kappa shape index (κ2) is 51.5. The Morgan fingerprint density at radius 2 is 0.797 bits per heavy atom. The Labute approximate surface area is 397 Å². The number of aliphatic hydroxyl groups is 2. The molecule has 0 aliphatic carbocycles. The normalized spacial score (nSPS) is 13.6. The van der Waals surface area contributed by atoms with E-state index in [1.54, 1.807) is 0 Å². The van der Waals surface area contributed by atoms with E-state index >= 15 is 0 Å². The first-order chi connectivity index (χ1) is 31.5. The molecule has 1 amide bonds. The summed E-state index contributed by atoms with van der Waals surface area (Å²) in [5.41, 5.74) is 0. The standard InChI is InChI=1S/C58H105NO5/c1-4-7-10-13-16-19-22-25-26-27-28-29-30-33-36-39-42-45-48-51-58(63)64-54(49-46-43-40-37-34-31-23-20-17-14-11-8-5-2)52-57(62)59-55(53-60)56(61)50-47-44-41-38-35-32-24-21-18-15-12-9-6-3/h16,19-20,23,25-26,28-29,33,36,54-56,60-61H,4-15,17-18,21-22,24,27,30-32,34-35,37-53H2,1-3H3,(H,59,62)/b19-16-,23-20-,26-25-,29-28-,36-33-. The fourth-order valence-corrected chi connectivity index (χ4v) is 8.11. The monoisotopic (exact) mass is 896 g/mol. The molecule has 0 aromatic heterocycles. The highest BCUT2D eigenvalue weighted by Crippen LogP contribution is 2.18. The van der Waals surface area contributed by atoms with E-state index in [2.05, 4.69) is 86.8 Å². The van der Waals surface area contributed by atoms with Crippen LogP contribution in [0.25, 0.3) is 0 Å². The van der Waals surface area contributed by atoms with Crippen LogP contribution in [0.1, 0.15) is 271 Å². The molecular weight excluding hydrogens is 791 g/mol. The first-order valence-electron chi connectivity index (χ1n) is 27.5. The van der Waals surface area contributed by atoms with Gasteiger partial charge in [0, 0.05) is 6.42 Å². The van der Waals surface area contributed by atoms with Gasteiger partial charge >= 0.3 is 5.97 Å². The number of amides is 1. The van der Waals surface area contributed by atoms with Gasteiger partial charge in [0.15, 0.2) is 0 Å². The molecule has 3 unspecified atom stereocenters. The van der Waals surface area contributed by atoms with Crippen molar-refractivity contribution >= 4 is 11.9 Å². The second-order valence-electron chi connectivity index (χ2n) is 18.6. The number of rotatable bonds is 49. The van der Waals surface area contributed by atoms with Gasteiger partial charge in [0.25, 0.3) is 0 Å². The topological polar surface area (TPSA) is 95.9 Å². The van der Waals surface area contributed by atoms with Gasteiger partial charge < -0.3 is 20.3 Å². The van der Waals surface area contributed by atoms with Crippen molar-refractivity contribution in [2.75, 3.05) is 6.61 Å². The van der Waals surface area contributed by atoms with Gasteiger partial charge in [-0.05, 0) is 96.3 Å². The van der Waals surface area contributed by atoms with Crippen LogP contribution in [0.3, 0.4) is 0 Å².